The summed E-state index contributed by atoms with van der Waals surface area (Å²) in [5.41, 5.74) is 0. The Balaban J connectivity index is 0. The van der Waals surface area contributed by atoms with Crippen LogP contribution in [-0.2, 0) is 4.74 Å². The molecule has 1 atom stereocenters. The van der Waals surface area contributed by atoms with E-state index < -0.39 is 6.10 Å². The minimum atomic E-state index is -0.702. The Bertz CT molecular complexity index is 119. The van der Waals surface area contributed by atoms with Gasteiger partial charge in [0.25, 0.3) is 0 Å². The zero-order valence-corrected chi connectivity index (χ0v) is 18.1. The molecule has 2 N–H and O–H groups in total. The van der Waals surface area contributed by atoms with Crippen molar-refractivity contribution < 1.29 is 103 Å². The van der Waals surface area contributed by atoms with Crippen molar-refractivity contribution in [1.29, 1.82) is 0 Å². The van der Waals surface area contributed by atoms with E-state index >= 15 is 0 Å². The molecule has 0 saturated heterocycles. The first kappa shape index (κ1) is 19.1. The summed E-state index contributed by atoms with van der Waals surface area (Å²) in [5, 5.41) is 17.5. The molecule has 1 unspecified atom stereocenters. The summed E-state index contributed by atoms with van der Waals surface area (Å²) in [6.07, 6.45) is 5.62. The Morgan fingerprint density at radius 2 is 1.71 bits per heavy atom. The van der Waals surface area contributed by atoms with Crippen LogP contribution in [0.5, 0.6) is 0 Å². The SMILES string of the molecule is OCC(O)COC1CCCCC1.[Ac].[Ac]. The van der Waals surface area contributed by atoms with E-state index in [1.165, 1.54) is 19.3 Å². The van der Waals surface area contributed by atoms with E-state index in [4.69, 9.17) is 14.9 Å². The first-order valence-corrected chi connectivity index (χ1v) is 4.73. The quantitative estimate of drug-likeness (QED) is 0.483. The van der Waals surface area contributed by atoms with Gasteiger partial charge >= 0.3 is 0 Å². The molecular weight excluding hydrogens is 610 g/mol. The summed E-state index contributed by atoms with van der Waals surface area (Å²) in [5.74, 6) is 0. The van der Waals surface area contributed by atoms with E-state index in [0.29, 0.717) is 6.10 Å². The molecule has 0 bridgehead atoms. The number of hydrogen-bond donors (Lipinski definition) is 2. The van der Waals surface area contributed by atoms with Crippen molar-refractivity contribution in [1.82, 2.24) is 0 Å². The molecule has 0 aromatic rings. The molecular formula is C9H18Ac2O3. The molecule has 5 heteroatoms. The zero-order valence-electron chi connectivity index (χ0n) is 8.56. The molecule has 1 fully saturated rings. The molecule has 1 saturated carbocycles. The Morgan fingerprint density at radius 1 is 1.14 bits per heavy atom. The molecule has 2 radical (unpaired) electrons. The molecule has 0 aliphatic heterocycles. The second kappa shape index (κ2) is 12.2. The molecule has 1 aliphatic rings. The largest absolute Gasteiger partial charge is 0.394 e. The minimum Gasteiger partial charge on any atom is -0.394 e. The van der Waals surface area contributed by atoms with Gasteiger partial charge in [-0.05, 0) is 12.8 Å². The molecule has 1 aliphatic carbocycles. The van der Waals surface area contributed by atoms with Crippen LogP contribution < -0.4 is 0 Å². The van der Waals surface area contributed by atoms with Gasteiger partial charge in [-0.15, -0.1) is 0 Å². The van der Waals surface area contributed by atoms with Crippen molar-refractivity contribution in [2.75, 3.05) is 13.2 Å². The average Bonchev–Trinajstić information content (AvgIpc) is 2.16. The standard InChI is InChI=1S/C9H18O3.2Ac/c10-6-8(11)7-12-9-4-2-1-3-5-9;;/h8-11H,1-7H2;;. The van der Waals surface area contributed by atoms with E-state index in [9.17, 15) is 0 Å². The smallest absolute Gasteiger partial charge is 0.100 e. The monoisotopic (exact) mass is 628 g/mol. The minimum absolute atomic E-state index is 0. The topological polar surface area (TPSA) is 49.7 Å². The summed E-state index contributed by atoms with van der Waals surface area (Å²) in [6, 6.07) is 0. The number of aliphatic hydroxyl groups excluding tert-OH is 2. The van der Waals surface area contributed by atoms with Crippen molar-refractivity contribution in [3.05, 3.63) is 0 Å². The summed E-state index contributed by atoms with van der Waals surface area (Å²) in [4.78, 5) is 0. The molecule has 0 aromatic heterocycles. The van der Waals surface area contributed by atoms with E-state index in [0.717, 1.165) is 12.8 Å². The molecule has 0 heterocycles. The van der Waals surface area contributed by atoms with Crippen molar-refractivity contribution in [2.45, 2.75) is 44.3 Å². The summed E-state index contributed by atoms with van der Waals surface area (Å²) in [7, 11) is 0. The maximum absolute atomic E-state index is 9.01. The van der Waals surface area contributed by atoms with Gasteiger partial charge in [-0.1, -0.05) is 19.3 Å². The summed E-state index contributed by atoms with van der Waals surface area (Å²) in [6.45, 7) is 0.0773. The van der Waals surface area contributed by atoms with Crippen LogP contribution >= 0.6 is 0 Å². The van der Waals surface area contributed by atoms with Gasteiger partial charge in [-0.3, -0.25) is 0 Å². The Labute approximate surface area is 157 Å². The Morgan fingerprint density at radius 3 is 2.21 bits per heavy atom. The maximum Gasteiger partial charge on any atom is 0.100 e. The van der Waals surface area contributed by atoms with Gasteiger partial charge in [-0.25, -0.2) is 0 Å². The average molecular weight is 628 g/mol. The molecule has 0 spiro atoms. The second-order valence-corrected chi connectivity index (χ2v) is 3.43. The van der Waals surface area contributed by atoms with Crippen molar-refractivity contribution in [2.24, 2.45) is 0 Å². The Hall–Kier alpha value is 2.76. The zero-order chi connectivity index (χ0) is 8.81. The van der Waals surface area contributed by atoms with Crippen LogP contribution in [0.25, 0.3) is 0 Å². The molecule has 0 amide bonds. The van der Waals surface area contributed by atoms with Gasteiger partial charge in [0.1, 0.15) is 6.10 Å². The number of aliphatic hydroxyl groups is 2. The first-order valence-electron chi connectivity index (χ1n) is 4.73. The first-order chi connectivity index (χ1) is 5.83. The van der Waals surface area contributed by atoms with Gasteiger partial charge in [0.2, 0.25) is 0 Å². The van der Waals surface area contributed by atoms with Crippen LogP contribution in [0, 0.1) is 88.1 Å². The van der Waals surface area contributed by atoms with E-state index in [-0.39, 0.29) is 101 Å². The molecule has 78 valence electrons. The number of rotatable bonds is 4. The molecule has 0 aromatic carbocycles. The van der Waals surface area contributed by atoms with Crippen LogP contribution in [0.4, 0.5) is 0 Å². The normalized spacial score (nSPS) is 19.3. The molecule has 14 heavy (non-hydrogen) atoms. The fraction of sp³-hybridized carbons (Fsp3) is 1.00. The van der Waals surface area contributed by atoms with E-state index in [1.54, 1.807) is 0 Å². The van der Waals surface area contributed by atoms with Crippen LogP contribution in [-0.4, -0.2) is 35.6 Å². The van der Waals surface area contributed by atoms with Crippen LogP contribution in [0.1, 0.15) is 32.1 Å². The third kappa shape index (κ3) is 8.86. The van der Waals surface area contributed by atoms with Crippen LogP contribution in [0.15, 0.2) is 0 Å². The Kier molecular flexibility index (Phi) is 16.7. The van der Waals surface area contributed by atoms with Crippen LogP contribution in [0.2, 0.25) is 0 Å². The molecule has 3 nitrogen and oxygen atoms in total. The van der Waals surface area contributed by atoms with Crippen molar-refractivity contribution >= 4 is 0 Å². The van der Waals surface area contributed by atoms with E-state index in [1.807, 2.05) is 0 Å². The van der Waals surface area contributed by atoms with Crippen LogP contribution in [0.3, 0.4) is 0 Å². The van der Waals surface area contributed by atoms with Gasteiger partial charge in [0.05, 0.1) is 19.3 Å². The number of ether oxygens (including phenoxy) is 1. The molecule has 1 rings (SSSR count). The predicted octanol–water partition coefficient (Wildman–Crippen LogP) is 0.689. The van der Waals surface area contributed by atoms with E-state index in [2.05, 4.69) is 0 Å². The summed E-state index contributed by atoms with van der Waals surface area (Å²) < 4.78 is 5.43. The maximum atomic E-state index is 9.01. The van der Waals surface area contributed by atoms with Gasteiger partial charge in [0.15, 0.2) is 0 Å². The third-order valence-electron chi connectivity index (χ3n) is 2.29. The van der Waals surface area contributed by atoms with Crippen molar-refractivity contribution in [3.8, 4) is 0 Å². The second-order valence-electron chi connectivity index (χ2n) is 3.43. The number of hydrogen-bond acceptors (Lipinski definition) is 3. The fourth-order valence-corrected chi connectivity index (χ4v) is 1.53. The van der Waals surface area contributed by atoms with Gasteiger partial charge < -0.3 is 14.9 Å². The summed E-state index contributed by atoms with van der Waals surface area (Å²) >= 11 is 0. The fourth-order valence-electron chi connectivity index (χ4n) is 1.53. The third-order valence-corrected chi connectivity index (χ3v) is 2.29. The predicted molar refractivity (Wildman–Crippen MR) is 45.9 cm³/mol. The van der Waals surface area contributed by atoms with Gasteiger partial charge in [-0.2, -0.15) is 0 Å². The van der Waals surface area contributed by atoms with Crippen molar-refractivity contribution in [3.63, 3.8) is 0 Å². The van der Waals surface area contributed by atoms with Gasteiger partial charge in [0, 0.05) is 88.1 Å².